The summed E-state index contributed by atoms with van der Waals surface area (Å²) < 4.78 is 5.56. The Morgan fingerprint density at radius 1 is 0.840 bits per heavy atom. The van der Waals surface area contributed by atoms with Gasteiger partial charge in [0, 0.05) is 6.42 Å². The quantitative estimate of drug-likeness (QED) is 0.222. The van der Waals surface area contributed by atoms with Crippen LogP contribution in [0.15, 0.2) is 0 Å². The topological polar surface area (TPSA) is 66.8 Å². The van der Waals surface area contributed by atoms with Crippen molar-refractivity contribution in [2.45, 2.75) is 123 Å². The van der Waals surface area contributed by atoms with Gasteiger partial charge in [-0.2, -0.15) is 0 Å². The zero-order chi connectivity index (χ0) is 19.1. The summed E-state index contributed by atoms with van der Waals surface area (Å²) in [5.41, 5.74) is 0. The van der Waals surface area contributed by atoms with Crippen LogP contribution in [0.25, 0.3) is 0 Å². The van der Waals surface area contributed by atoms with E-state index in [-0.39, 0.29) is 18.3 Å². The van der Waals surface area contributed by atoms with Gasteiger partial charge in [-0.1, -0.05) is 79.1 Å². The molecular formula is C21H42O4. The first kappa shape index (κ1) is 24.4. The molecule has 4 nitrogen and oxygen atoms in total. The smallest absolute Gasteiger partial charge is 0.309 e. The zero-order valence-corrected chi connectivity index (χ0v) is 17.1. The molecule has 0 amide bonds. The second-order valence-corrected chi connectivity index (χ2v) is 7.36. The van der Waals surface area contributed by atoms with Crippen molar-refractivity contribution in [3.05, 3.63) is 0 Å². The lowest BCUT2D eigenvalue weighted by Crippen LogP contribution is -2.45. The number of aliphatic hydroxyl groups is 2. The van der Waals surface area contributed by atoms with Gasteiger partial charge in [0.1, 0.15) is 0 Å². The van der Waals surface area contributed by atoms with E-state index in [1.165, 1.54) is 19.3 Å². The summed E-state index contributed by atoms with van der Waals surface area (Å²) in [6.07, 6.45) is 10.8. The fourth-order valence-electron chi connectivity index (χ4n) is 3.15. The van der Waals surface area contributed by atoms with Crippen LogP contribution in [-0.2, 0) is 9.53 Å². The van der Waals surface area contributed by atoms with Crippen LogP contribution in [0.5, 0.6) is 0 Å². The third kappa shape index (κ3) is 10.9. The van der Waals surface area contributed by atoms with Crippen molar-refractivity contribution in [2.24, 2.45) is 5.92 Å². The molecule has 0 rings (SSSR count). The van der Waals surface area contributed by atoms with Crippen molar-refractivity contribution in [1.82, 2.24) is 0 Å². The van der Waals surface area contributed by atoms with Gasteiger partial charge in [0.25, 0.3) is 0 Å². The van der Waals surface area contributed by atoms with E-state index in [1.54, 1.807) is 0 Å². The monoisotopic (exact) mass is 358 g/mol. The Labute approximate surface area is 155 Å². The normalized spacial score (nSPS) is 14.3. The second-order valence-electron chi connectivity index (χ2n) is 7.36. The summed E-state index contributed by atoms with van der Waals surface area (Å²) >= 11 is 0. The minimum absolute atomic E-state index is 0.135. The molecule has 0 heterocycles. The Morgan fingerprint density at radius 3 is 2.00 bits per heavy atom. The van der Waals surface area contributed by atoms with Gasteiger partial charge < -0.3 is 14.9 Å². The highest BCUT2D eigenvalue weighted by Gasteiger charge is 2.37. The van der Waals surface area contributed by atoms with Gasteiger partial charge in [-0.3, -0.25) is 4.79 Å². The highest BCUT2D eigenvalue weighted by molar-refractivity contribution is 5.72. The number of rotatable bonds is 16. The molecule has 25 heavy (non-hydrogen) atoms. The summed E-state index contributed by atoms with van der Waals surface area (Å²) in [6, 6.07) is 0. The minimum atomic E-state index is -1.92. The predicted molar refractivity (Wildman–Crippen MR) is 103 cm³/mol. The maximum atomic E-state index is 12.4. The lowest BCUT2D eigenvalue weighted by Gasteiger charge is -2.32. The number of carbonyl (C=O) groups is 1. The zero-order valence-electron chi connectivity index (χ0n) is 17.1. The standard InChI is InChI=1S/C21H42O4/c1-5-9-11-12-13-14-17-21(23,24)19(15-7-3)25-20(22)18(8-4)16-10-6-2/h18-19,23-24H,5-17H2,1-4H3. The van der Waals surface area contributed by atoms with Crippen LogP contribution in [-0.4, -0.2) is 28.1 Å². The molecule has 0 aromatic carbocycles. The number of esters is 1. The predicted octanol–water partition coefficient (Wildman–Crippen LogP) is 5.35. The molecule has 0 bridgehead atoms. The van der Waals surface area contributed by atoms with Gasteiger partial charge >= 0.3 is 5.97 Å². The molecule has 0 aromatic rings. The average molecular weight is 359 g/mol. The highest BCUT2D eigenvalue weighted by Crippen LogP contribution is 2.25. The summed E-state index contributed by atoms with van der Waals surface area (Å²) in [5.74, 6) is -2.33. The van der Waals surface area contributed by atoms with E-state index in [4.69, 9.17) is 4.74 Å². The molecule has 0 spiro atoms. The van der Waals surface area contributed by atoms with Crippen molar-refractivity contribution in [2.75, 3.05) is 0 Å². The Balaban J connectivity index is 4.53. The van der Waals surface area contributed by atoms with Crippen molar-refractivity contribution in [3.63, 3.8) is 0 Å². The molecule has 2 unspecified atom stereocenters. The van der Waals surface area contributed by atoms with Crippen molar-refractivity contribution in [1.29, 1.82) is 0 Å². The summed E-state index contributed by atoms with van der Waals surface area (Å²) in [4.78, 5) is 12.4. The average Bonchev–Trinajstić information content (AvgIpc) is 2.58. The van der Waals surface area contributed by atoms with E-state index >= 15 is 0 Å². The molecule has 0 aliphatic carbocycles. The summed E-state index contributed by atoms with van der Waals surface area (Å²) in [6.45, 7) is 8.24. The lowest BCUT2D eigenvalue weighted by atomic mass is 9.96. The van der Waals surface area contributed by atoms with Gasteiger partial charge in [0.15, 0.2) is 6.10 Å². The first-order valence-electron chi connectivity index (χ1n) is 10.6. The minimum Gasteiger partial charge on any atom is -0.456 e. The molecule has 0 radical (unpaired) electrons. The molecule has 2 atom stereocenters. The summed E-state index contributed by atoms with van der Waals surface area (Å²) in [7, 11) is 0. The number of carbonyl (C=O) groups excluding carboxylic acids is 1. The Bertz CT molecular complexity index is 328. The van der Waals surface area contributed by atoms with E-state index in [1.807, 2.05) is 13.8 Å². The van der Waals surface area contributed by atoms with Crippen LogP contribution in [0, 0.1) is 5.92 Å². The first-order chi connectivity index (χ1) is 11.9. The number of hydrogen-bond acceptors (Lipinski definition) is 4. The largest absolute Gasteiger partial charge is 0.456 e. The van der Waals surface area contributed by atoms with E-state index in [0.29, 0.717) is 6.42 Å². The maximum Gasteiger partial charge on any atom is 0.309 e. The second kappa shape index (κ2) is 14.5. The molecule has 0 saturated carbocycles. The molecule has 4 heteroatoms. The molecule has 0 aliphatic heterocycles. The fourth-order valence-corrected chi connectivity index (χ4v) is 3.15. The van der Waals surface area contributed by atoms with Gasteiger partial charge in [0.2, 0.25) is 5.79 Å². The molecule has 0 aliphatic rings. The lowest BCUT2D eigenvalue weighted by molar-refractivity contribution is -0.243. The van der Waals surface area contributed by atoms with E-state index < -0.39 is 11.9 Å². The molecule has 0 saturated heterocycles. The molecule has 2 N–H and O–H groups in total. The number of ether oxygens (including phenoxy) is 1. The van der Waals surface area contributed by atoms with Crippen molar-refractivity contribution < 1.29 is 19.7 Å². The third-order valence-corrected chi connectivity index (χ3v) is 4.96. The van der Waals surface area contributed by atoms with E-state index in [9.17, 15) is 15.0 Å². The van der Waals surface area contributed by atoms with Gasteiger partial charge in [-0.15, -0.1) is 0 Å². The Hall–Kier alpha value is -0.610. The molecule has 150 valence electrons. The third-order valence-electron chi connectivity index (χ3n) is 4.96. The van der Waals surface area contributed by atoms with Crippen LogP contribution in [0.4, 0.5) is 0 Å². The van der Waals surface area contributed by atoms with Crippen LogP contribution in [0.3, 0.4) is 0 Å². The number of hydrogen-bond donors (Lipinski definition) is 2. The molecular weight excluding hydrogens is 316 g/mol. The highest BCUT2D eigenvalue weighted by atomic mass is 16.6. The van der Waals surface area contributed by atoms with E-state index in [0.717, 1.165) is 51.4 Å². The summed E-state index contributed by atoms with van der Waals surface area (Å²) in [5, 5.41) is 20.9. The van der Waals surface area contributed by atoms with Crippen LogP contribution in [0.2, 0.25) is 0 Å². The fraction of sp³-hybridized carbons (Fsp3) is 0.952. The van der Waals surface area contributed by atoms with Crippen molar-refractivity contribution >= 4 is 5.97 Å². The Morgan fingerprint density at radius 2 is 1.44 bits per heavy atom. The number of unbranched alkanes of at least 4 members (excludes halogenated alkanes) is 6. The SMILES string of the molecule is CCCCCCCCC(O)(O)C(CCC)OC(=O)C(CC)CCCC. The Kier molecular flexibility index (Phi) is 14.2. The van der Waals surface area contributed by atoms with Gasteiger partial charge in [-0.05, 0) is 25.7 Å². The molecule has 0 aromatic heterocycles. The van der Waals surface area contributed by atoms with Gasteiger partial charge in [0.05, 0.1) is 5.92 Å². The van der Waals surface area contributed by atoms with Crippen LogP contribution < -0.4 is 0 Å². The van der Waals surface area contributed by atoms with Crippen LogP contribution in [0.1, 0.15) is 111 Å². The first-order valence-corrected chi connectivity index (χ1v) is 10.6. The van der Waals surface area contributed by atoms with Crippen LogP contribution >= 0.6 is 0 Å². The molecule has 0 fully saturated rings. The van der Waals surface area contributed by atoms with Gasteiger partial charge in [-0.25, -0.2) is 0 Å². The van der Waals surface area contributed by atoms with E-state index in [2.05, 4.69) is 13.8 Å². The van der Waals surface area contributed by atoms with Crippen molar-refractivity contribution in [3.8, 4) is 0 Å². The maximum absolute atomic E-state index is 12.4.